The highest BCUT2D eigenvalue weighted by molar-refractivity contribution is 7.92. The molecule has 1 aliphatic heterocycles. The van der Waals surface area contributed by atoms with Crippen molar-refractivity contribution in [1.82, 2.24) is 10.2 Å². The van der Waals surface area contributed by atoms with Crippen LogP contribution in [-0.4, -0.2) is 45.5 Å². The standard InChI is InChI=1S/C26H28FN3O4S/c1-34-25-9-5-2-6-20(25)18-30-16-14-21(15-17-30)28-26(31)19-10-12-22(13-11-19)35(32,33)29-24-8-4-3-7-23(24)27/h2-13,21,29H,14-18H2,1H3,(H,28,31). The molecule has 0 spiro atoms. The summed E-state index contributed by atoms with van der Waals surface area (Å²) in [5, 5.41) is 3.04. The Hall–Kier alpha value is -3.43. The lowest BCUT2D eigenvalue weighted by Gasteiger charge is -2.32. The Morgan fingerprint density at radius 1 is 1.00 bits per heavy atom. The van der Waals surface area contributed by atoms with Crippen LogP contribution in [0.2, 0.25) is 0 Å². The highest BCUT2D eigenvalue weighted by Crippen LogP contribution is 2.22. The van der Waals surface area contributed by atoms with E-state index < -0.39 is 15.8 Å². The fourth-order valence-corrected chi connectivity index (χ4v) is 5.18. The quantitative estimate of drug-likeness (QED) is 0.491. The Balaban J connectivity index is 1.31. The van der Waals surface area contributed by atoms with Gasteiger partial charge in [0, 0.05) is 36.8 Å². The van der Waals surface area contributed by atoms with Gasteiger partial charge in [-0.2, -0.15) is 0 Å². The average molecular weight is 498 g/mol. The monoisotopic (exact) mass is 497 g/mol. The first-order chi connectivity index (χ1) is 16.9. The summed E-state index contributed by atoms with van der Waals surface area (Å²) in [5.41, 5.74) is 1.37. The lowest BCUT2D eigenvalue weighted by molar-refractivity contribution is 0.0908. The molecule has 3 aromatic rings. The average Bonchev–Trinajstić information content (AvgIpc) is 2.87. The van der Waals surface area contributed by atoms with Crippen molar-refractivity contribution in [3.63, 3.8) is 0 Å². The van der Waals surface area contributed by atoms with Gasteiger partial charge in [-0.15, -0.1) is 0 Å². The Morgan fingerprint density at radius 3 is 2.34 bits per heavy atom. The number of rotatable bonds is 8. The van der Waals surface area contributed by atoms with Gasteiger partial charge < -0.3 is 10.1 Å². The van der Waals surface area contributed by atoms with Crippen molar-refractivity contribution in [2.45, 2.75) is 30.3 Å². The van der Waals surface area contributed by atoms with Crippen molar-refractivity contribution in [3.05, 3.63) is 89.7 Å². The largest absolute Gasteiger partial charge is 0.496 e. The molecule has 0 bridgehead atoms. The Bertz CT molecular complexity index is 1270. The Kier molecular flexibility index (Phi) is 7.67. The third kappa shape index (κ3) is 6.17. The predicted octanol–water partition coefficient (Wildman–Crippen LogP) is 4.03. The molecule has 0 radical (unpaired) electrons. The fourth-order valence-electron chi connectivity index (χ4n) is 4.11. The molecule has 184 valence electrons. The van der Waals surface area contributed by atoms with Crippen molar-refractivity contribution in [2.24, 2.45) is 0 Å². The van der Waals surface area contributed by atoms with Crippen LogP contribution < -0.4 is 14.8 Å². The van der Waals surface area contributed by atoms with Gasteiger partial charge in [-0.3, -0.25) is 14.4 Å². The van der Waals surface area contributed by atoms with Crippen LogP contribution in [0, 0.1) is 5.82 Å². The summed E-state index contributed by atoms with van der Waals surface area (Å²) >= 11 is 0. The molecule has 0 saturated carbocycles. The smallest absolute Gasteiger partial charge is 0.261 e. The molecule has 3 aromatic carbocycles. The molecule has 7 nitrogen and oxygen atoms in total. The molecule has 0 aromatic heterocycles. The van der Waals surface area contributed by atoms with Crippen LogP contribution >= 0.6 is 0 Å². The summed E-state index contributed by atoms with van der Waals surface area (Å²) in [6, 6.07) is 19.1. The number of nitrogens with zero attached hydrogens (tertiary/aromatic N) is 1. The van der Waals surface area contributed by atoms with Crippen LogP contribution in [0.1, 0.15) is 28.8 Å². The molecular formula is C26H28FN3O4S. The van der Waals surface area contributed by atoms with Crippen LogP contribution in [0.15, 0.2) is 77.7 Å². The number of piperidine rings is 1. The third-order valence-corrected chi connectivity index (χ3v) is 7.44. The number of carbonyl (C=O) groups is 1. The second-order valence-electron chi connectivity index (χ2n) is 8.45. The number of sulfonamides is 1. The number of halogens is 1. The maximum atomic E-state index is 13.8. The second-order valence-corrected chi connectivity index (χ2v) is 10.1. The number of nitrogens with one attached hydrogen (secondary N) is 2. The van der Waals surface area contributed by atoms with Crippen molar-refractivity contribution >= 4 is 21.6 Å². The Labute approximate surface area is 205 Å². The van der Waals surface area contributed by atoms with Gasteiger partial charge in [0.05, 0.1) is 17.7 Å². The van der Waals surface area contributed by atoms with Gasteiger partial charge in [0.2, 0.25) is 0 Å². The van der Waals surface area contributed by atoms with Gasteiger partial charge in [0.15, 0.2) is 0 Å². The summed E-state index contributed by atoms with van der Waals surface area (Å²) < 4.78 is 46.6. The zero-order valence-electron chi connectivity index (χ0n) is 19.4. The normalized spacial score (nSPS) is 14.9. The number of para-hydroxylation sites is 2. The van der Waals surface area contributed by atoms with Crippen molar-refractivity contribution in [2.75, 3.05) is 24.9 Å². The van der Waals surface area contributed by atoms with Gasteiger partial charge >= 0.3 is 0 Å². The molecule has 1 heterocycles. The highest BCUT2D eigenvalue weighted by atomic mass is 32.2. The summed E-state index contributed by atoms with van der Waals surface area (Å²) in [5.74, 6) is -0.0438. The molecule has 2 N–H and O–H groups in total. The minimum Gasteiger partial charge on any atom is -0.496 e. The molecule has 35 heavy (non-hydrogen) atoms. The highest BCUT2D eigenvalue weighted by Gasteiger charge is 2.22. The predicted molar refractivity (Wildman–Crippen MR) is 132 cm³/mol. The van der Waals surface area contributed by atoms with E-state index in [1.807, 2.05) is 18.2 Å². The summed E-state index contributed by atoms with van der Waals surface area (Å²) in [6.07, 6.45) is 1.64. The van der Waals surface area contributed by atoms with Gasteiger partial charge in [-0.25, -0.2) is 12.8 Å². The number of ether oxygens (including phenoxy) is 1. The van der Waals surface area contributed by atoms with Crippen molar-refractivity contribution in [1.29, 1.82) is 0 Å². The SMILES string of the molecule is COc1ccccc1CN1CCC(NC(=O)c2ccc(S(=O)(=O)Nc3ccccc3F)cc2)CC1. The minimum atomic E-state index is -3.98. The molecule has 1 aliphatic rings. The van der Waals surface area contributed by atoms with Crippen molar-refractivity contribution < 1.29 is 22.3 Å². The molecule has 0 atom stereocenters. The number of likely N-dealkylation sites (tertiary alicyclic amines) is 1. The number of carbonyl (C=O) groups excluding carboxylic acids is 1. The van der Waals surface area contributed by atoms with E-state index in [0.29, 0.717) is 5.56 Å². The fraction of sp³-hybridized carbons (Fsp3) is 0.269. The number of anilines is 1. The lowest BCUT2D eigenvalue weighted by atomic mass is 10.0. The van der Waals surface area contributed by atoms with Crippen molar-refractivity contribution in [3.8, 4) is 5.75 Å². The third-order valence-electron chi connectivity index (χ3n) is 6.05. The number of methoxy groups -OCH3 is 1. The summed E-state index contributed by atoms with van der Waals surface area (Å²) in [7, 11) is -2.31. The first-order valence-electron chi connectivity index (χ1n) is 11.4. The molecule has 4 rings (SSSR count). The van der Waals surface area contributed by atoms with E-state index in [4.69, 9.17) is 4.74 Å². The van der Waals surface area contributed by atoms with E-state index in [1.54, 1.807) is 7.11 Å². The van der Waals surface area contributed by atoms with E-state index in [-0.39, 0.29) is 22.5 Å². The summed E-state index contributed by atoms with van der Waals surface area (Å²) in [4.78, 5) is 15.0. The molecule has 9 heteroatoms. The molecule has 0 aliphatic carbocycles. The lowest BCUT2D eigenvalue weighted by Crippen LogP contribution is -2.44. The molecule has 1 fully saturated rings. The number of benzene rings is 3. The second kappa shape index (κ2) is 10.9. The maximum absolute atomic E-state index is 13.8. The Morgan fingerprint density at radius 2 is 1.66 bits per heavy atom. The topological polar surface area (TPSA) is 87.7 Å². The van der Waals surface area contributed by atoms with Crippen LogP contribution in [0.5, 0.6) is 5.75 Å². The zero-order valence-corrected chi connectivity index (χ0v) is 20.2. The van der Waals surface area contributed by atoms with Gasteiger partial charge in [0.25, 0.3) is 15.9 Å². The summed E-state index contributed by atoms with van der Waals surface area (Å²) in [6.45, 7) is 2.49. The van der Waals surface area contributed by atoms with E-state index in [0.717, 1.165) is 43.8 Å². The number of amides is 1. The number of hydrogen-bond donors (Lipinski definition) is 2. The van der Waals surface area contributed by atoms with E-state index in [1.165, 1.54) is 48.5 Å². The molecule has 1 saturated heterocycles. The van der Waals surface area contributed by atoms with Crippen LogP contribution in [0.3, 0.4) is 0 Å². The van der Waals surface area contributed by atoms with Crippen LogP contribution in [-0.2, 0) is 16.6 Å². The molecule has 1 amide bonds. The number of hydrogen-bond acceptors (Lipinski definition) is 5. The molecule has 0 unspecified atom stereocenters. The van der Waals surface area contributed by atoms with Crippen LogP contribution in [0.25, 0.3) is 0 Å². The van der Waals surface area contributed by atoms with E-state index >= 15 is 0 Å². The first-order valence-corrected chi connectivity index (χ1v) is 12.9. The van der Waals surface area contributed by atoms with Gasteiger partial charge in [-0.05, 0) is 55.3 Å². The maximum Gasteiger partial charge on any atom is 0.261 e. The van der Waals surface area contributed by atoms with Gasteiger partial charge in [0.1, 0.15) is 11.6 Å². The van der Waals surface area contributed by atoms with E-state index in [9.17, 15) is 17.6 Å². The first kappa shape index (κ1) is 24.7. The van der Waals surface area contributed by atoms with E-state index in [2.05, 4.69) is 21.0 Å². The van der Waals surface area contributed by atoms with Gasteiger partial charge in [-0.1, -0.05) is 30.3 Å². The van der Waals surface area contributed by atoms with Crippen LogP contribution in [0.4, 0.5) is 10.1 Å². The molecular weight excluding hydrogens is 469 g/mol. The minimum absolute atomic E-state index is 0.0440. The zero-order chi connectivity index (χ0) is 24.8.